The van der Waals surface area contributed by atoms with Crippen LogP contribution in [0.25, 0.3) is 0 Å². The first-order valence-corrected chi connectivity index (χ1v) is 8.51. The van der Waals surface area contributed by atoms with Crippen LogP contribution in [0.4, 0.5) is 0 Å². The van der Waals surface area contributed by atoms with Gasteiger partial charge in [0.25, 0.3) is 0 Å². The number of rotatable bonds is 10. The maximum Gasteiger partial charge on any atom is 0.119 e. The van der Waals surface area contributed by atoms with Crippen LogP contribution in [0.3, 0.4) is 0 Å². The Hall–Kier alpha value is -1.10. The van der Waals surface area contributed by atoms with Crippen LogP contribution in [0.1, 0.15) is 19.3 Å². The van der Waals surface area contributed by atoms with E-state index < -0.39 is 0 Å². The van der Waals surface area contributed by atoms with E-state index in [1.807, 2.05) is 37.4 Å². The quantitative estimate of drug-likeness (QED) is 0.673. The van der Waals surface area contributed by atoms with Gasteiger partial charge in [-0.3, -0.25) is 0 Å². The van der Waals surface area contributed by atoms with Crippen LogP contribution in [0.2, 0.25) is 0 Å². The molecule has 1 fully saturated rings. The van der Waals surface area contributed by atoms with Crippen molar-refractivity contribution in [3.63, 3.8) is 0 Å². The molecule has 0 radical (unpaired) electrons. The Morgan fingerprint density at radius 1 is 1.09 bits per heavy atom. The van der Waals surface area contributed by atoms with Gasteiger partial charge in [0.05, 0.1) is 13.2 Å². The molecule has 0 aromatic heterocycles. The van der Waals surface area contributed by atoms with E-state index in [0.717, 1.165) is 31.4 Å². The minimum atomic E-state index is 0.621. The van der Waals surface area contributed by atoms with Crippen molar-refractivity contribution in [3.05, 3.63) is 30.3 Å². The zero-order valence-electron chi connectivity index (χ0n) is 13.8. The van der Waals surface area contributed by atoms with Gasteiger partial charge in [-0.1, -0.05) is 18.2 Å². The highest BCUT2D eigenvalue weighted by atomic mass is 16.5. The number of ether oxygens (including phenoxy) is 2. The molecule has 4 heteroatoms. The predicted octanol–water partition coefficient (Wildman–Crippen LogP) is 2.40. The molecule has 1 aromatic carbocycles. The second-order valence-electron chi connectivity index (χ2n) is 5.95. The molecule has 0 saturated carbocycles. The van der Waals surface area contributed by atoms with Crippen molar-refractivity contribution in [2.75, 3.05) is 53.0 Å². The first-order chi connectivity index (χ1) is 10.9. The average molecular weight is 306 g/mol. The molecule has 1 N–H and O–H groups in total. The second kappa shape index (κ2) is 10.6. The molecule has 0 bridgehead atoms. The van der Waals surface area contributed by atoms with Gasteiger partial charge in [0.1, 0.15) is 12.4 Å². The molecule has 0 unspecified atom stereocenters. The van der Waals surface area contributed by atoms with Gasteiger partial charge in [-0.05, 0) is 64.0 Å². The standard InChI is InChI=1S/C18H30N2O2/c1-19-10-7-17-8-11-20(12-9-17)13-14-21-15-16-22-18-5-3-2-4-6-18/h2-6,17,19H,7-16H2,1H3. The summed E-state index contributed by atoms with van der Waals surface area (Å²) in [6.07, 6.45) is 3.98. The van der Waals surface area contributed by atoms with Crippen LogP contribution in [0, 0.1) is 5.92 Å². The maximum atomic E-state index is 5.67. The first kappa shape index (κ1) is 17.3. The first-order valence-electron chi connectivity index (χ1n) is 8.51. The van der Waals surface area contributed by atoms with E-state index in [4.69, 9.17) is 9.47 Å². The Morgan fingerprint density at radius 2 is 1.86 bits per heavy atom. The number of piperidine rings is 1. The number of nitrogens with zero attached hydrogens (tertiary/aromatic N) is 1. The topological polar surface area (TPSA) is 33.7 Å². The van der Waals surface area contributed by atoms with Crippen molar-refractivity contribution in [2.24, 2.45) is 5.92 Å². The van der Waals surface area contributed by atoms with Crippen molar-refractivity contribution in [2.45, 2.75) is 19.3 Å². The minimum Gasteiger partial charge on any atom is -0.491 e. The summed E-state index contributed by atoms with van der Waals surface area (Å²) in [4.78, 5) is 2.52. The van der Waals surface area contributed by atoms with Gasteiger partial charge < -0.3 is 19.7 Å². The van der Waals surface area contributed by atoms with Crippen LogP contribution in [-0.2, 0) is 4.74 Å². The largest absolute Gasteiger partial charge is 0.491 e. The summed E-state index contributed by atoms with van der Waals surface area (Å²) in [5.41, 5.74) is 0. The fourth-order valence-electron chi connectivity index (χ4n) is 2.88. The molecule has 2 rings (SSSR count). The zero-order chi connectivity index (χ0) is 15.5. The zero-order valence-corrected chi connectivity index (χ0v) is 13.8. The lowest BCUT2D eigenvalue weighted by atomic mass is 9.93. The molecule has 0 atom stereocenters. The van der Waals surface area contributed by atoms with E-state index >= 15 is 0 Å². The van der Waals surface area contributed by atoms with Gasteiger partial charge in [0.15, 0.2) is 0 Å². The van der Waals surface area contributed by atoms with Crippen molar-refractivity contribution in [3.8, 4) is 5.75 Å². The summed E-state index contributed by atoms with van der Waals surface area (Å²) in [7, 11) is 2.04. The molecule has 1 aromatic rings. The monoisotopic (exact) mass is 306 g/mol. The van der Waals surface area contributed by atoms with Gasteiger partial charge in [-0.2, -0.15) is 0 Å². The van der Waals surface area contributed by atoms with Gasteiger partial charge in [-0.15, -0.1) is 0 Å². The highest BCUT2D eigenvalue weighted by molar-refractivity contribution is 5.20. The lowest BCUT2D eigenvalue weighted by Gasteiger charge is -2.31. The summed E-state index contributed by atoms with van der Waals surface area (Å²) in [6.45, 7) is 6.72. The molecule has 22 heavy (non-hydrogen) atoms. The van der Waals surface area contributed by atoms with Crippen molar-refractivity contribution in [1.29, 1.82) is 0 Å². The third kappa shape index (κ3) is 6.77. The van der Waals surface area contributed by atoms with Crippen molar-refractivity contribution in [1.82, 2.24) is 10.2 Å². The number of hydrogen-bond donors (Lipinski definition) is 1. The fraction of sp³-hybridized carbons (Fsp3) is 0.667. The molecule has 4 nitrogen and oxygen atoms in total. The average Bonchev–Trinajstić information content (AvgIpc) is 2.58. The molecule has 124 valence electrons. The summed E-state index contributed by atoms with van der Waals surface area (Å²) in [6, 6.07) is 9.90. The van der Waals surface area contributed by atoms with Crippen molar-refractivity contribution < 1.29 is 9.47 Å². The minimum absolute atomic E-state index is 0.621. The van der Waals surface area contributed by atoms with Crippen LogP contribution in [0.5, 0.6) is 5.75 Å². The Kier molecular flexibility index (Phi) is 8.31. The Bertz CT molecular complexity index is 378. The van der Waals surface area contributed by atoms with E-state index in [0.29, 0.717) is 13.2 Å². The summed E-state index contributed by atoms with van der Waals surface area (Å²) < 4.78 is 11.3. The smallest absolute Gasteiger partial charge is 0.119 e. The third-order valence-corrected chi connectivity index (χ3v) is 4.30. The van der Waals surface area contributed by atoms with Crippen LogP contribution < -0.4 is 10.1 Å². The van der Waals surface area contributed by atoms with E-state index in [9.17, 15) is 0 Å². The van der Waals surface area contributed by atoms with E-state index in [1.54, 1.807) is 0 Å². The van der Waals surface area contributed by atoms with Crippen molar-refractivity contribution >= 4 is 0 Å². The second-order valence-corrected chi connectivity index (χ2v) is 5.95. The Balaban J connectivity index is 1.44. The van der Waals surface area contributed by atoms with Gasteiger partial charge in [-0.25, -0.2) is 0 Å². The predicted molar refractivity (Wildman–Crippen MR) is 90.5 cm³/mol. The molecule has 0 amide bonds. The summed E-state index contributed by atoms with van der Waals surface area (Å²) in [5.74, 6) is 1.82. The van der Waals surface area contributed by atoms with Crippen LogP contribution in [0.15, 0.2) is 30.3 Å². The molecule has 1 saturated heterocycles. The number of likely N-dealkylation sites (tertiary alicyclic amines) is 1. The molecule has 0 spiro atoms. The molecule has 1 aliphatic heterocycles. The SMILES string of the molecule is CNCCC1CCN(CCOCCOc2ccccc2)CC1. The highest BCUT2D eigenvalue weighted by Gasteiger charge is 2.18. The molecule has 0 aliphatic carbocycles. The Morgan fingerprint density at radius 3 is 2.59 bits per heavy atom. The van der Waals surface area contributed by atoms with Gasteiger partial charge >= 0.3 is 0 Å². The van der Waals surface area contributed by atoms with Gasteiger partial charge in [0.2, 0.25) is 0 Å². The molecule has 1 aliphatic rings. The number of para-hydroxylation sites is 1. The number of nitrogens with one attached hydrogen (secondary N) is 1. The van der Waals surface area contributed by atoms with Gasteiger partial charge in [0, 0.05) is 6.54 Å². The van der Waals surface area contributed by atoms with E-state index in [1.165, 1.54) is 32.4 Å². The van der Waals surface area contributed by atoms with E-state index in [2.05, 4.69) is 10.2 Å². The molecular weight excluding hydrogens is 276 g/mol. The lowest BCUT2D eigenvalue weighted by Crippen LogP contribution is -2.36. The fourth-order valence-corrected chi connectivity index (χ4v) is 2.88. The number of hydrogen-bond acceptors (Lipinski definition) is 4. The van der Waals surface area contributed by atoms with Crippen LogP contribution >= 0.6 is 0 Å². The van der Waals surface area contributed by atoms with Crippen LogP contribution in [-0.4, -0.2) is 57.9 Å². The summed E-state index contributed by atoms with van der Waals surface area (Å²) >= 11 is 0. The van der Waals surface area contributed by atoms with E-state index in [-0.39, 0.29) is 0 Å². The lowest BCUT2D eigenvalue weighted by molar-refractivity contribution is 0.0693. The third-order valence-electron chi connectivity index (χ3n) is 4.30. The molecular formula is C18H30N2O2. The maximum absolute atomic E-state index is 5.67. The molecule has 1 heterocycles. The normalized spacial score (nSPS) is 16.8. The highest BCUT2D eigenvalue weighted by Crippen LogP contribution is 2.19. The Labute approximate surface area is 134 Å². The number of benzene rings is 1. The summed E-state index contributed by atoms with van der Waals surface area (Å²) in [5, 5.41) is 3.25.